The summed E-state index contributed by atoms with van der Waals surface area (Å²) in [7, 11) is 0. The summed E-state index contributed by atoms with van der Waals surface area (Å²) in [4.78, 5) is 4.35. The first-order valence-corrected chi connectivity index (χ1v) is 5.27. The second-order valence-corrected chi connectivity index (χ2v) is 4.15. The van der Waals surface area contributed by atoms with Crippen molar-refractivity contribution in [3.63, 3.8) is 0 Å². The van der Waals surface area contributed by atoms with E-state index in [-0.39, 0.29) is 0 Å². The lowest BCUT2D eigenvalue weighted by Crippen LogP contribution is -2.22. The van der Waals surface area contributed by atoms with E-state index in [1.807, 2.05) is 6.20 Å². The summed E-state index contributed by atoms with van der Waals surface area (Å²) in [6.07, 6.45) is 1.81. The zero-order chi connectivity index (χ0) is 10.8. The molecule has 0 saturated heterocycles. The number of hydrogen-bond donors (Lipinski definition) is 1. The minimum atomic E-state index is 0.431. The molecule has 0 aromatic carbocycles. The summed E-state index contributed by atoms with van der Waals surface area (Å²) in [6, 6.07) is 4.02. The normalized spacial score (nSPS) is 11.5. The van der Waals surface area contributed by atoms with Gasteiger partial charge < -0.3 is 5.32 Å². The summed E-state index contributed by atoms with van der Waals surface area (Å²) in [6.45, 7) is 4.86. The highest BCUT2D eigenvalue weighted by atomic mass is 35.5. The van der Waals surface area contributed by atoms with Gasteiger partial charge in [0.15, 0.2) is 11.5 Å². The molecule has 0 aliphatic heterocycles. The first kappa shape index (κ1) is 10.4. The van der Waals surface area contributed by atoms with Crippen molar-refractivity contribution in [2.75, 3.05) is 0 Å². The molecule has 0 bridgehead atoms. The van der Waals surface area contributed by atoms with Gasteiger partial charge in [0.1, 0.15) is 0 Å². The largest absolute Gasteiger partial charge is 0.308 e. The molecule has 80 valence electrons. The van der Waals surface area contributed by atoms with Gasteiger partial charge in [0.05, 0.1) is 6.54 Å². The molecular formula is C10H13ClN4. The lowest BCUT2D eigenvalue weighted by Gasteiger charge is -2.03. The number of nitrogens with one attached hydrogen (secondary N) is 1. The van der Waals surface area contributed by atoms with E-state index in [4.69, 9.17) is 11.6 Å². The number of fused-ring (bicyclic) bond motifs is 1. The third-order valence-electron chi connectivity index (χ3n) is 2.01. The molecule has 0 aliphatic rings. The maximum absolute atomic E-state index is 5.86. The molecule has 2 aromatic rings. The molecule has 0 spiro atoms. The average molecular weight is 225 g/mol. The standard InChI is InChI=1S/C10H13ClN4/c1-7(2)12-6-9-13-10-5-8(11)3-4-15(10)14-9/h3-5,7,12H,6H2,1-2H3. The second kappa shape index (κ2) is 4.16. The number of hydrogen-bond acceptors (Lipinski definition) is 3. The Morgan fingerprint density at radius 1 is 1.53 bits per heavy atom. The molecule has 0 unspecified atom stereocenters. The van der Waals surface area contributed by atoms with E-state index >= 15 is 0 Å². The van der Waals surface area contributed by atoms with Crippen molar-refractivity contribution in [3.8, 4) is 0 Å². The van der Waals surface area contributed by atoms with Crippen LogP contribution in [0, 0.1) is 0 Å². The summed E-state index contributed by atoms with van der Waals surface area (Å²) in [5.41, 5.74) is 0.781. The number of aromatic nitrogens is 3. The molecule has 2 rings (SSSR count). The molecule has 0 fully saturated rings. The lowest BCUT2D eigenvalue weighted by atomic mass is 10.4. The molecule has 0 aliphatic carbocycles. The van der Waals surface area contributed by atoms with Crippen LogP contribution in [0.1, 0.15) is 19.7 Å². The highest BCUT2D eigenvalue weighted by Crippen LogP contribution is 2.10. The first-order valence-electron chi connectivity index (χ1n) is 4.89. The van der Waals surface area contributed by atoms with Gasteiger partial charge in [-0.1, -0.05) is 25.4 Å². The Morgan fingerprint density at radius 2 is 2.33 bits per heavy atom. The number of rotatable bonds is 3. The van der Waals surface area contributed by atoms with Gasteiger partial charge >= 0.3 is 0 Å². The molecule has 0 saturated carbocycles. The molecule has 2 heterocycles. The Bertz CT molecular complexity index is 463. The van der Waals surface area contributed by atoms with Crippen LogP contribution < -0.4 is 5.32 Å². The fourth-order valence-corrected chi connectivity index (χ4v) is 1.43. The fraction of sp³-hybridized carbons (Fsp3) is 0.400. The second-order valence-electron chi connectivity index (χ2n) is 3.71. The maximum Gasteiger partial charge on any atom is 0.165 e. The van der Waals surface area contributed by atoms with Gasteiger partial charge in [-0.3, -0.25) is 0 Å². The van der Waals surface area contributed by atoms with Crippen molar-refractivity contribution in [2.24, 2.45) is 0 Å². The van der Waals surface area contributed by atoms with E-state index in [0.29, 0.717) is 17.6 Å². The topological polar surface area (TPSA) is 42.2 Å². The predicted octanol–water partition coefficient (Wildman–Crippen LogP) is 1.88. The number of nitrogens with zero attached hydrogens (tertiary/aromatic N) is 3. The summed E-state index contributed by atoms with van der Waals surface area (Å²) >= 11 is 5.86. The van der Waals surface area contributed by atoms with Crippen molar-refractivity contribution in [2.45, 2.75) is 26.4 Å². The van der Waals surface area contributed by atoms with Gasteiger partial charge in [0, 0.05) is 23.3 Å². The average Bonchev–Trinajstić information content (AvgIpc) is 2.56. The molecule has 0 radical (unpaired) electrons. The predicted molar refractivity (Wildman–Crippen MR) is 60.0 cm³/mol. The summed E-state index contributed by atoms with van der Waals surface area (Å²) in [5, 5.41) is 8.26. The molecular weight excluding hydrogens is 212 g/mol. The van der Waals surface area contributed by atoms with Crippen LogP contribution in [0.2, 0.25) is 5.02 Å². The van der Waals surface area contributed by atoms with Crippen molar-refractivity contribution in [1.82, 2.24) is 19.9 Å². The molecule has 0 atom stereocenters. The van der Waals surface area contributed by atoms with Gasteiger partial charge in [0.2, 0.25) is 0 Å². The monoisotopic (exact) mass is 224 g/mol. The van der Waals surface area contributed by atoms with Crippen LogP contribution in [0.4, 0.5) is 0 Å². The minimum absolute atomic E-state index is 0.431. The maximum atomic E-state index is 5.86. The van der Waals surface area contributed by atoms with E-state index in [1.54, 1.807) is 16.6 Å². The Morgan fingerprint density at radius 3 is 3.07 bits per heavy atom. The summed E-state index contributed by atoms with van der Waals surface area (Å²) in [5.74, 6) is 0.783. The highest BCUT2D eigenvalue weighted by molar-refractivity contribution is 6.30. The molecule has 5 heteroatoms. The van der Waals surface area contributed by atoms with Crippen molar-refractivity contribution >= 4 is 17.2 Å². The van der Waals surface area contributed by atoms with Gasteiger partial charge in [-0.25, -0.2) is 9.50 Å². The quantitative estimate of drug-likeness (QED) is 0.866. The zero-order valence-electron chi connectivity index (χ0n) is 8.74. The van der Waals surface area contributed by atoms with Crippen molar-refractivity contribution in [1.29, 1.82) is 0 Å². The SMILES string of the molecule is CC(C)NCc1nc2cc(Cl)ccn2n1. The highest BCUT2D eigenvalue weighted by Gasteiger charge is 2.03. The molecule has 4 nitrogen and oxygen atoms in total. The van der Waals surface area contributed by atoms with Gasteiger partial charge in [-0.05, 0) is 6.07 Å². The fourth-order valence-electron chi connectivity index (χ4n) is 1.27. The smallest absolute Gasteiger partial charge is 0.165 e. The lowest BCUT2D eigenvalue weighted by molar-refractivity contribution is 0.572. The number of halogens is 1. The van der Waals surface area contributed by atoms with Crippen LogP contribution in [0.25, 0.3) is 5.65 Å². The van der Waals surface area contributed by atoms with Crippen molar-refractivity contribution in [3.05, 3.63) is 29.2 Å². The summed E-state index contributed by atoms with van der Waals surface area (Å²) < 4.78 is 1.73. The first-order chi connectivity index (χ1) is 7.15. The van der Waals surface area contributed by atoms with Crippen LogP contribution in [0.15, 0.2) is 18.3 Å². The van der Waals surface area contributed by atoms with Crippen LogP contribution in [-0.2, 0) is 6.54 Å². The third-order valence-corrected chi connectivity index (χ3v) is 2.25. The number of pyridine rings is 1. The van der Waals surface area contributed by atoms with Crippen LogP contribution in [0.3, 0.4) is 0 Å². The molecule has 0 amide bonds. The van der Waals surface area contributed by atoms with E-state index in [9.17, 15) is 0 Å². The van der Waals surface area contributed by atoms with E-state index in [0.717, 1.165) is 11.5 Å². The van der Waals surface area contributed by atoms with Crippen LogP contribution >= 0.6 is 11.6 Å². The van der Waals surface area contributed by atoms with Gasteiger partial charge in [-0.15, -0.1) is 5.10 Å². The van der Waals surface area contributed by atoms with E-state index in [2.05, 4.69) is 29.2 Å². The Balaban J connectivity index is 2.23. The molecule has 1 N–H and O–H groups in total. The van der Waals surface area contributed by atoms with Crippen molar-refractivity contribution < 1.29 is 0 Å². The molecule has 2 aromatic heterocycles. The van der Waals surface area contributed by atoms with Crippen LogP contribution in [0.5, 0.6) is 0 Å². The van der Waals surface area contributed by atoms with E-state index < -0.39 is 0 Å². The van der Waals surface area contributed by atoms with E-state index in [1.165, 1.54) is 0 Å². The third kappa shape index (κ3) is 2.46. The minimum Gasteiger partial charge on any atom is -0.308 e. The Hall–Kier alpha value is -1.13. The Labute approximate surface area is 93.3 Å². The zero-order valence-corrected chi connectivity index (χ0v) is 9.49. The van der Waals surface area contributed by atoms with Crippen LogP contribution in [-0.4, -0.2) is 20.6 Å². The van der Waals surface area contributed by atoms with Gasteiger partial charge in [0.25, 0.3) is 0 Å². The van der Waals surface area contributed by atoms with Gasteiger partial charge in [-0.2, -0.15) is 0 Å². The molecule has 15 heavy (non-hydrogen) atoms. The Kier molecular flexibility index (Phi) is 2.88.